The lowest BCUT2D eigenvalue weighted by atomic mass is 10.3. The number of halogens is 1. The van der Waals surface area contributed by atoms with Gasteiger partial charge in [-0.3, -0.25) is 0 Å². The molecule has 2 aromatic heterocycles. The van der Waals surface area contributed by atoms with Gasteiger partial charge in [-0.05, 0) is 42.9 Å². The zero-order chi connectivity index (χ0) is 16.1. The van der Waals surface area contributed by atoms with Gasteiger partial charge < -0.3 is 5.11 Å². The minimum Gasteiger partial charge on any atom is -0.396 e. The monoisotopic (exact) mass is 332 g/mol. The zero-order valence-corrected chi connectivity index (χ0v) is 13.3. The van der Waals surface area contributed by atoms with Crippen molar-refractivity contribution in [3.05, 3.63) is 42.6 Å². The highest BCUT2D eigenvalue weighted by Gasteiger charge is 2.11. The molecule has 2 heterocycles. The second kappa shape index (κ2) is 7.52. The van der Waals surface area contributed by atoms with Crippen LogP contribution in [0.2, 0.25) is 0 Å². The van der Waals surface area contributed by atoms with E-state index in [0.29, 0.717) is 5.65 Å². The van der Waals surface area contributed by atoms with Gasteiger partial charge in [0.15, 0.2) is 5.65 Å². The summed E-state index contributed by atoms with van der Waals surface area (Å²) in [6.45, 7) is 0.243. The van der Waals surface area contributed by atoms with E-state index in [1.54, 1.807) is 34.8 Å². The van der Waals surface area contributed by atoms with E-state index in [1.807, 2.05) is 0 Å². The Kier molecular flexibility index (Phi) is 5.19. The largest absolute Gasteiger partial charge is 0.396 e. The number of fused-ring (bicyclic) bond motifs is 1. The van der Waals surface area contributed by atoms with Crippen LogP contribution in [0.15, 0.2) is 41.8 Å². The van der Waals surface area contributed by atoms with Gasteiger partial charge in [0.1, 0.15) is 17.2 Å². The summed E-state index contributed by atoms with van der Waals surface area (Å²) in [6, 6.07) is 6.15. The van der Waals surface area contributed by atoms with E-state index in [4.69, 9.17) is 5.11 Å². The Morgan fingerprint density at radius 2 is 1.91 bits per heavy atom. The molecule has 5 nitrogen and oxygen atoms in total. The predicted molar refractivity (Wildman–Crippen MR) is 88.3 cm³/mol. The Bertz CT molecular complexity index is 775. The molecule has 7 heteroatoms. The van der Waals surface area contributed by atoms with Gasteiger partial charge in [0.2, 0.25) is 0 Å². The fourth-order valence-electron chi connectivity index (χ4n) is 2.27. The number of hydrogen-bond donors (Lipinski definition) is 1. The third-order valence-corrected chi connectivity index (χ3v) is 4.53. The van der Waals surface area contributed by atoms with Gasteiger partial charge in [0, 0.05) is 6.61 Å². The van der Waals surface area contributed by atoms with Crippen LogP contribution in [0, 0.1) is 5.82 Å². The average molecular weight is 332 g/mol. The zero-order valence-electron chi connectivity index (χ0n) is 12.5. The molecule has 0 aliphatic heterocycles. The van der Waals surface area contributed by atoms with E-state index in [1.165, 1.54) is 18.5 Å². The quantitative estimate of drug-likeness (QED) is 0.409. The van der Waals surface area contributed by atoms with Crippen molar-refractivity contribution in [2.45, 2.75) is 24.3 Å². The maximum atomic E-state index is 13.1. The molecule has 120 valence electrons. The van der Waals surface area contributed by atoms with Crippen molar-refractivity contribution >= 4 is 22.8 Å². The van der Waals surface area contributed by atoms with Crippen LogP contribution < -0.4 is 0 Å². The molecule has 3 rings (SSSR count). The number of rotatable bonds is 7. The van der Waals surface area contributed by atoms with Crippen LogP contribution in [0.4, 0.5) is 4.39 Å². The molecule has 0 saturated heterocycles. The molecule has 1 N–H and O–H groups in total. The average Bonchev–Trinajstić information content (AvgIpc) is 3.00. The molecule has 0 spiro atoms. The van der Waals surface area contributed by atoms with Gasteiger partial charge in [0.25, 0.3) is 0 Å². The van der Waals surface area contributed by atoms with Gasteiger partial charge in [-0.15, -0.1) is 11.8 Å². The first kappa shape index (κ1) is 15.9. The van der Waals surface area contributed by atoms with E-state index < -0.39 is 0 Å². The maximum absolute atomic E-state index is 13.1. The van der Waals surface area contributed by atoms with Gasteiger partial charge in [-0.25, -0.2) is 19.0 Å². The van der Waals surface area contributed by atoms with E-state index in [9.17, 15) is 4.39 Å². The van der Waals surface area contributed by atoms with Gasteiger partial charge in [-0.1, -0.05) is 6.42 Å². The van der Waals surface area contributed by atoms with Crippen molar-refractivity contribution in [3.63, 3.8) is 0 Å². The number of unbranched alkanes of at least 4 members (excludes halogenated alkanes) is 2. The van der Waals surface area contributed by atoms with Crippen molar-refractivity contribution < 1.29 is 9.50 Å². The number of aromatic nitrogens is 4. The maximum Gasteiger partial charge on any atom is 0.167 e. The lowest BCUT2D eigenvalue weighted by Crippen LogP contribution is -1.98. The number of aliphatic hydroxyl groups excluding tert-OH is 1. The molecule has 0 unspecified atom stereocenters. The number of hydrogen-bond acceptors (Lipinski definition) is 5. The SMILES string of the molecule is OCCCCCSc1ncnc2c1cnn2-c1ccc(F)cc1. The van der Waals surface area contributed by atoms with Crippen LogP contribution in [0.25, 0.3) is 16.7 Å². The van der Waals surface area contributed by atoms with Crippen LogP contribution in [0.5, 0.6) is 0 Å². The summed E-state index contributed by atoms with van der Waals surface area (Å²) in [5.74, 6) is 0.660. The molecule has 0 bridgehead atoms. The van der Waals surface area contributed by atoms with Crippen molar-refractivity contribution in [1.29, 1.82) is 0 Å². The van der Waals surface area contributed by atoms with E-state index in [2.05, 4.69) is 15.1 Å². The standard InChI is InChI=1S/C16H17FN4OS/c17-12-4-6-13(7-5-12)21-15-14(10-20-21)16(19-11-18-15)23-9-3-1-2-8-22/h4-7,10-11,22H,1-3,8-9H2. The minimum atomic E-state index is -0.279. The number of thioether (sulfide) groups is 1. The number of aliphatic hydroxyl groups is 1. The third kappa shape index (κ3) is 3.68. The first-order chi connectivity index (χ1) is 11.3. The summed E-state index contributed by atoms with van der Waals surface area (Å²) in [5.41, 5.74) is 1.48. The fourth-order valence-corrected chi connectivity index (χ4v) is 3.23. The Balaban J connectivity index is 1.81. The van der Waals surface area contributed by atoms with Crippen molar-refractivity contribution in [3.8, 4) is 5.69 Å². The van der Waals surface area contributed by atoms with Crippen molar-refractivity contribution in [2.75, 3.05) is 12.4 Å². The molecular weight excluding hydrogens is 315 g/mol. The molecule has 0 aliphatic carbocycles. The molecular formula is C16H17FN4OS. The molecule has 23 heavy (non-hydrogen) atoms. The molecule has 0 amide bonds. The number of nitrogens with zero attached hydrogens (tertiary/aromatic N) is 4. The molecule has 0 aliphatic rings. The Morgan fingerprint density at radius 3 is 2.70 bits per heavy atom. The lowest BCUT2D eigenvalue weighted by Gasteiger charge is -2.04. The summed E-state index contributed by atoms with van der Waals surface area (Å²) in [6.07, 6.45) is 6.15. The van der Waals surface area contributed by atoms with Crippen molar-refractivity contribution in [2.24, 2.45) is 0 Å². The summed E-state index contributed by atoms with van der Waals surface area (Å²) in [7, 11) is 0. The van der Waals surface area contributed by atoms with E-state index in [0.717, 1.165) is 41.1 Å². The topological polar surface area (TPSA) is 63.8 Å². The molecule has 3 aromatic rings. The van der Waals surface area contributed by atoms with Crippen molar-refractivity contribution in [1.82, 2.24) is 19.7 Å². The molecule has 0 saturated carbocycles. The van der Waals surface area contributed by atoms with Crippen LogP contribution in [-0.4, -0.2) is 37.2 Å². The molecule has 0 radical (unpaired) electrons. The van der Waals surface area contributed by atoms with Gasteiger partial charge in [0.05, 0.1) is 17.3 Å². The van der Waals surface area contributed by atoms with Crippen LogP contribution >= 0.6 is 11.8 Å². The Labute approximate surface area is 137 Å². The molecule has 1 aromatic carbocycles. The second-order valence-electron chi connectivity index (χ2n) is 5.08. The summed E-state index contributed by atoms with van der Waals surface area (Å²) >= 11 is 1.67. The fraction of sp³-hybridized carbons (Fsp3) is 0.312. The van der Waals surface area contributed by atoms with Gasteiger partial charge >= 0.3 is 0 Å². The van der Waals surface area contributed by atoms with E-state index in [-0.39, 0.29) is 12.4 Å². The second-order valence-corrected chi connectivity index (χ2v) is 6.17. The smallest absolute Gasteiger partial charge is 0.167 e. The highest BCUT2D eigenvalue weighted by atomic mass is 32.2. The number of benzene rings is 1. The first-order valence-electron chi connectivity index (χ1n) is 7.48. The van der Waals surface area contributed by atoms with E-state index >= 15 is 0 Å². The summed E-state index contributed by atoms with van der Waals surface area (Å²) in [4.78, 5) is 8.64. The normalized spacial score (nSPS) is 11.2. The van der Waals surface area contributed by atoms with Crippen LogP contribution in [-0.2, 0) is 0 Å². The Morgan fingerprint density at radius 1 is 1.09 bits per heavy atom. The first-order valence-corrected chi connectivity index (χ1v) is 8.46. The van der Waals surface area contributed by atoms with Gasteiger partial charge in [-0.2, -0.15) is 5.10 Å². The third-order valence-electron chi connectivity index (χ3n) is 3.44. The minimum absolute atomic E-state index is 0.243. The summed E-state index contributed by atoms with van der Waals surface area (Å²) < 4.78 is 14.7. The van der Waals surface area contributed by atoms with Crippen LogP contribution in [0.1, 0.15) is 19.3 Å². The molecule has 0 atom stereocenters. The van der Waals surface area contributed by atoms with Crippen LogP contribution in [0.3, 0.4) is 0 Å². The Hall–Kier alpha value is -1.99. The molecule has 0 fully saturated rings. The lowest BCUT2D eigenvalue weighted by molar-refractivity contribution is 0.284. The highest BCUT2D eigenvalue weighted by molar-refractivity contribution is 7.99. The predicted octanol–water partition coefficient (Wildman–Crippen LogP) is 3.21. The summed E-state index contributed by atoms with van der Waals surface area (Å²) in [5, 5.41) is 14.9. The highest BCUT2D eigenvalue weighted by Crippen LogP contribution is 2.26.